The Morgan fingerprint density at radius 3 is 2.67 bits per heavy atom. The number of urea groups is 1. The number of carbonyl (C=O) groups is 2. The van der Waals surface area contributed by atoms with Crippen LogP contribution in [0.25, 0.3) is 0 Å². The van der Waals surface area contributed by atoms with Gasteiger partial charge in [-0.15, -0.1) is 0 Å². The number of nitrogens with one attached hydrogen (secondary N) is 1. The minimum atomic E-state index is -0.583. The molecule has 156 valence electrons. The molecular weight excluding hydrogens is 402 g/mol. The molecule has 1 aliphatic carbocycles. The molecule has 2 aliphatic rings. The Morgan fingerprint density at radius 1 is 1.30 bits per heavy atom. The van der Waals surface area contributed by atoms with Crippen LogP contribution in [-0.2, 0) is 9.53 Å². The van der Waals surface area contributed by atoms with E-state index < -0.39 is 12.0 Å². The van der Waals surface area contributed by atoms with Crippen molar-refractivity contribution in [3.05, 3.63) is 58.9 Å². The Labute approximate surface area is 178 Å². The molecule has 1 unspecified atom stereocenters. The van der Waals surface area contributed by atoms with Crippen LogP contribution in [0.15, 0.2) is 52.8 Å². The highest BCUT2D eigenvalue weighted by Crippen LogP contribution is 2.39. The second kappa shape index (κ2) is 8.35. The lowest BCUT2D eigenvalue weighted by Gasteiger charge is -2.36. The van der Waals surface area contributed by atoms with Crippen molar-refractivity contribution in [2.45, 2.75) is 37.0 Å². The average molecular weight is 426 g/mol. The maximum absolute atomic E-state index is 13.0. The summed E-state index contributed by atoms with van der Waals surface area (Å²) in [4.78, 5) is 36.2. The first-order valence-corrected chi connectivity index (χ1v) is 10.7. The van der Waals surface area contributed by atoms with Crippen molar-refractivity contribution in [1.29, 1.82) is 0 Å². The number of hydrogen-bond donors (Lipinski definition) is 2. The van der Waals surface area contributed by atoms with Crippen LogP contribution in [0.4, 0.5) is 10.6 Å². The SMILES string of the molecule is COC(=O)C1=C(CSc2nc(C)cc(N)n2)N(C2CC2)C(=O)NC1c1ccccc1. The van der Waals surface area contributed by atoms with E-state index in [1.807, 2.05) is 37.3 Å². The Bertz CT molecular complexity index is 987. The van der Waals surface area contributed by atoms with Gasteiger partial charge in [-0.2, -0.15) is 0 Å². The molecule has 1 fully saturated rings. The Kier molecular flexibility index (Phi) is 5.63. The molecule has 9 heteroatoms. The molecule has 1 aromatic heterocycles. The van der Waals surface area contributed by atoms with E-state index in [4.69, 9.17) is 10.5 Å². The number of carbonyl (C=O) groups excluding carboxylic acids is 2. The molecule has 2 aromatic rings. The zero-order chi connectivity index (χ0) is 21.3. The second-order valence-corrected chi connectivity index (χ2v) is 8.19. The van der Waals surface area contributed by atoms with Crippen LogP contribution in [0, 0.1) is 6.92 Å². The van der Waals surface area contributed by atoms with E-state index >= 15 is 0 Å². The number of thioether (sulfide) groups is 1. The van der Waals surface area contributed by atoms with Crippen LogP contribution < -0.4 is 11.1 Å². The predicted molar refractivity (Wildman–Crippen MR) is 114 cm³/mol. The van der Waals surface area contributed by atoms with Crippen LogP contribution in [0.1, 0.15) is 30.1 Å². The van der Waals surface area contributed by atoms with Gasteiger partial charge in [0.15, 0.2) is 5.16 Å². The van der Waals surface area contributed by atoms with Gasteiger partial charge in [-0.1, -0.05) is 42.1 Å². The largest absolute Gasteiger partial charge is 0.466 e. The van der Waals surface area contributed by atoms with Gasteiger partial charge in [0.2, 0.25) is 0 Å². The van der Waals surface area contributed by atoms with Gasteiger partial charge in [0.1, 0.15) is 5.82 Å². The first-order valence-electron chi connectivity index (χ1n) is 9.68. The molecule has 0 radical (unpaired) electrons. The van der Waals surface area contributed by atoms with Gasteiger partial charge in [0.25, 0.3) is 0 Å². The maximum atomic E-state index is 13.0. The number of benzene rings is 1. The topological polar surface area (TPSA) is 110 Å². The fourth-order valence-corrected chi connectivity index (χ4v) is 4.49. The van der Waals surface area contributed by atoms with E-state index in [1.54, 1.807) is 11.0 Å². The first kappa shape index (κ1) is 20.2. The number of methoxy groups -OCH3 is 1. The van der Waals surface area contributed by atoms with E-state index in [-0.39, 0.29) is 12.1 Å². The lowest BCUT2D eigenvalue weighted by molar-refractivity contribution is -0.136. The van der Waals surface area contributed by atoms with Crippen LogP contribution in [0.3, 0.4) is 0 Å². The van der Waals surface area contributed by atoms with E-state index in [0.717, 1.165) is 24.1 Å². The molecule has 1 aliphatic heterocycles. The molecule has 30 heavy (non-hydrogen) atoms. The third-order valence-corrected chi connectivity index (χ3v) is 5.88. The van der Waals surface area contributed by atoms with Crippen molar-refractivity contribution in [2.24, 2.45) is 0 Å². The van der Waals surface area contributed by atoms with E-state index in [2.05, 4.69) is 15.3 Å². The summed E-state index contributed by atoms with van der Waals surface area (Å²) in [6.45, 7) is 1.84. The smallest absolute Gasteiger partial charge is 0.338 e. The summed E-state index contributed by atoms with van der Waals surface area (Å²) in [7, 11) is 1.35. The second-order valence-electron chi connectivity index (χ2n) is 7.25. The molecule has 3 N–H and O–H groups in total. The predicted octanol–water partition coefficient (Wildman–Crippen LogP) is 2.82. The molecule has 8 nitrogen and oxygen atoms in total. The number of nitrogens with zero attached hydrogens (tertiary/aromatic N) is 3. The maximum Gasteiger partial charge on any atom is 0.338 e. The van der Waals surface area contributed by atoms with E-state index in [9.17, 15) is 9.59 Å². The Balaban J connectivity index is 1.76. The van der Waals surface area contributed by atoms with Crippen molar-refractivity contribution in [3.63, 3.8) is 0 Å². The van der Waals surface area contributed by atoms with Crippen molar-refractivity contribution in [3.8, 4) is 0 Å². The molecule has 4 rings (SSSR count). The van der Waals surface area contributed by atoms with Crippen molar-refractivity contribution >= 4 is 29.6 Å². The van der Waals surface area contributed by atoms with Gasteiger partial charge in [0, 0.05) is 29.3 Å². The number of aromatic nitrogens is 2. The summed E-state index contributed by atoms with van der Waals surface area (Å²) in [5.41, 5.74) is 8.49. The zero-order valence-corrected chi connectivity index (χ0v) is 17.6. The lowest BCUT2D eigenvalue weighted by Crippen LogP contribution is -2.50. The summed E-state index contributed by atoms with van der Waals surface area (Å²) >= 11 is 1.35. The molecule has 0 spiro atoms. The highest BCUT2D eigenvalue weighted by molar-refractivity contribution is 7.99. The average Bonchev–Trinajstić information content (AvgIpc) is 3.56. The number of anilines is 1. The molecule has 2 heterocycles. The first-order chi connectivity index (χ1) is 14.5. The Hall–Kier alpha value is -3.07. The lowest BCUT2D eigenvalue weighted by atomic mass is 9.95. The number of nitrogen functional groups attached to an aromatic ring is 1. The van der Waals surface area contributed by atoms with Gasteiger partial charge >= 0.3 is 12.0 Å². The quantitative estimate of drug-likeness (QED) is 0.416. The molecule has 0 bridgehead atoms. The highest BCUT2D eigenvalue weighted by atomic mass is 32.2. The molecular formula is C21H23N5O3S. The molecule has 0 saturated heterocycles. The van der Waals surface area contributed by atoms with Crippen molar-refractivity contribution < 1.29 is 14.3 Å². The number of hydrogen-bond acceptors (Lipinski definition) is 7. The fourth-order valence-electron chi connectivity index (χ4n) is 3.55. The van der Waals surface area contributed by atoms with Gasteiger partial charge < -0.3 is 15.8 Å². The zero-order valence-electron chi connectivity index (χ0n) is 16.8. The standard InChI is InChI=1S/C21H23N5O3S/c1-12-10-16(22)24-20(23-12)30-11-15-17(19(27)29-2)18(13-6-4-3-5-7-13)25-21(28)26(15)14-8-9-14/h3-7,10,14,18H,8-9,11H2,1-2H3,(H,25,28)(H2,22,23,24). The molecule has 2 amide bonds. The van der Waals surface area contributed by atoms with Crippen LogP contribution in [0.5, 0.6) is 0 Å². The number of aryl methyl sites for hydroxylation is 1. The number of esters is 1. The number of amides is 2. The highest BCUT2D eigenvalue weighted by Gasteiger charge is 2.43. The van der Waals surface area contributed by atoms with Crippen LogP contribution >= 0.6 is 11.8 Å². The minimum Gasteiger partial charge on any atom is -0.466 e. The van der Waals surface area contributed by atoms with Crippen molar-refractivity contribution in [2.75, 3.05) is 18.6 Å². The normalized spacial score (nSPS) is 18.9. The summed E-state index contributed by atoms with van der Waals surface area (Å²) in [5.74, 6) is 0.269. The molecule has 1 saturated carbocycles. The summed E-state index contributed by atoms with van der Waals surface area (Å²) in [6.07, 6.45) is 1.81. The van der Waals surface area contributed by atoms with E-state index in [1.165, 1.54) is 18.9 Å². The third-order valence-electron chi connectivity index (χ3n) is 5.02. The Morgan fingerprint density at radius 2 is 2.03 bits per heavy atom. The monoisotopic (exact) mass is 425 g/mol. The van der Waals surface area contributed by atoms with Crippen molar-refractivity contribution in [1.82, 2.24) is 20.2 Å². The molecule has 1 aromatic carbocycles. The number of rotatable bonds is 6. The van der Waals surface area contributed by atoms with Gasteiger partial charge in [-0.25, -0.2) is 19.6 Å². The fraction of sp³-hybridized carbons (Fsp3) is 0.333. The van der Waals surface area contributed by atoms with Gasteiger partial charge in [-0.3, -0.25) is 4.90 Å². The number of ether oxygens (including phenoxy) is 1. The summed E-state index contributed by atoms with van der Waals surface area (Å²) in [6, 6.07) is 10.4. The van der Waals surface area contributed by atoms with E-state index in [0.29, 0.717) is 28.0 Å². The summed E-state index contributed by atoms with van der Waals surface area (Å²) < 4.78 is 5.11. The summed E-state index contributed by atoms with van der Waals surface area (Å²) in [5, 5.41) is 3.49. The van der Waals surface area contributed by atoms with Gasteiger partial charge in [-0.05, 0) is 25.3 Å². The molecule has 1 atom stereocenters. The minimum absolute atomic E-state index is 0.0838. The van der Waals surface area contributed by atoms with Crippen LogP contribution in [-0.4, -0.2) is 45.8 Å². The van der Waals surface area contributed by atoms with Gasteiger partial charge in [0.05, 0.1) is 18.7 Å². The van der Waals surface area contributed by atoms with Crippen LogP contribution in [0.2, 0.25) is 0 Å². The number of nitrogens with two attached hydrogens (primary N) is 1. The third kappa shape index (κ3) is 4.11.